The van der Waals surface area contributed by atoms with Crippen LogP contribution >= 0.6 is 0 Å². The Hall–Kier alpha value is -2.89. The van der Waals surface area contributed by atoms with E-state index in [4.69, 9.17) is 9.15 Å². The second-order valence-corrected chi connectivity index (χ2v) is 5.38. The summed E-state index contributed by atoms with van der Waals surface area (Å²) in [6, 6.07) is 11.5. The number of fused-ring (bicyclic) bond motifs is 1. The molecule has 24 heavy (non-hydrogen) atoms. The lowest BCUT2D eigenvalue weighted by atomic mass is 10.1. The average Bonchev–Trinajstić information content (AvgIpc) is 2.92. The van der Waals surface area contributed by atoms with E-state index in [-0.39, 0.29) is 12.5 Å². The minimum Gasteiger partial charge on any atom is -0.484 e. The number of ether oxygens (including phenoxy) is 1. The Balaban J connectivity index is 1.45. The molecule has 1 heterocycles. The van der Waals surface area contributed by atoms with E-state index in [1.54, 1.807) is 13.0 Å². The lowest BCUT2D eigenvalue weighted by molar-refractivity contribution is -0.123. The van der Waals surface area contributed by atoms with Crippen molar-refractivity contribution in [3.05, 3.63) is 59.7 Å². The molecule has 0 aliphatic carbocycles. The molecule has 5 nitrogen and oxygen atoms in total. The van der Waals surface area contributed by atoms with Crippen LogP contribution in [0.5, 0.6) is 5.75 Å². The van der Waals surface area contributed by atoms with Crippen LogP contribution in [0, 0.1) is 12.7 Å². The highest BCUT2D eigenvalue weighted by Crippen LogP contribution is 2.17. The summed E-state index contributed by atoms with van der Waals surface area (Å²) in [7, 11) is 0. The average molecular weight is 328 g/mol. The Bertz CT molecular complexity index is 860. The number of aryl methyl sites for hydroxylation is 1. The summed E-state index contributed by atoms with van der Waals surface area (Å²) in [5, 5.41) is 2.77. The van der Waals surface area contributed by atoms with Crippen molar-refractivity contribution in [2.45, 2.75) is 13.3 Å². The molecule has 0 unspecified atom stereocenters. The molecular weight excluding hydrogens is 311 g/mol. The Morgan fingerprint density at radius 3 is 3.00 bits per heavy atom. The van der Waals surface area contributed by atoms with Crippen molar-refractivity contribution in [3.8, 4) is 5.75 Å². The van der Waals surface area contributed by atoms with Gasteiger partial charge in [0.2, 0.25) is 0 Å². The lowest BCUT2D eigenvalue weighted by Crippen LogP contribution is -2.30. The molecule has 1 amide bonds. The summed E-state index contributed by atoms with van der Waals surface area (Å²) in [4.78, 5) is 16.0. The smallest absolute Gasteiger partial charge is 0.257 e. The Labute approximate surface area is 138 Å². The zero-order valence-corrected chi connectivity index (χ0v) is 13.2. The Morgan fingerprint density at radius 1 is 1.29 bits per heavy atom. The number of nitrogens with zero attached hydrogens (tertiary/aromatic N) is 1. The van der Waals surface area contributed by atoms with E-state index < -0.39 is 5.82 Å². The van der Waals surface area contributed by atoms with Crippen molar-refractivity contribution < 1.29 is 18.3 Å². The molecule has 124 valence electrons. The van der Waals surface area contributed by atoms with Crippen LogP contribution < -0.4 is 10.1 Å². The number of rotatable bonds is 6. The molecule has 6 heteroatoms. The number of oxazole rings is 1. The largest absolute Gasteiger partial charge is 0.484 e. The van der Waals surface area contributed by atoms with E-state index in [2.05, 4.69) is 10.3 Å². The van der Waals surface area contributed by atoms with Gasteiger partial charge in [0.25, 0.3) is 5.91 Å². The molecule has 3 aromatic rings. The van der Waals surface area contributed by atoms with Gasteiger partial charge in [-0.25, -0.2) is 9.37 Å². The highest BCUT2D eigenvalue weighted by atomic mass is 19.1. The number of hydrogen-bond acceptors (Lipinski definition) is 4. The lowest BCUT2D eigenvalue weighted by Gasteiger charge is -2.07. The number of benzene rings is 2. The molecule has 0 atom stereocenters. The van der Waals surface area contributed by atoms with Crippen LogP contribution in [0.1, 0.15) is 11.5 Å². The molecule has 1 N–H and O–H groups in total. The summed E-state index contributed by atoms with van der Waals surface area (Å²) in [5.41, 5.74) is 2.62. The van der Waals surface area contributed by atoms with Gasteiger partial charge in [-0.15, -0.1) is 0 Å². The molecule has 0 aliphatic heterocycles. The van der Waals surface area contributed by atoms with Crippen LogP contribution in [-0.2, 0) is 11.2 Å². The van der Waals surface area contributed by atoms with Crippen LogP contribution in [-0.4, -0.2) is 24.0 Å². The summed E-state index contributed by atoms with van der Waals surface area (Å²) in [6.45, 7) is 2.14. The molecule has 2 aromatic carbocycles. The third-order valence-corrected chi connectivity index (χ3v) is 3.46. The molecule has 3 rings (SSSR count). The fourth-order valence-electron chi connectivity index (χ4n) is 2.35. The quantitative estimate of drug-likeness (QED) is 0.755. The van der Waals surface area contributed by atoms with Crippen LogP contribution in [0.25, 0.3) is 11.1 Å². The molecule has 0 bridgehead atoms. The van der Waals surface area contributed by atoms with E-state index in [1.165, 1.54) is 18.2 Å². The first-order valence-corrected chi connectivity index (χ1v) is 7.61. The normalized spacial score (nSPS) is 10.8. The highest BCUT2D eigenvalue weighted by molar-refractivity contribution is 5.77. The van der Waals surface area contributed by atoms with Crippen molar-refractivity contribution in [3.63, 3.8) is 0 Å². The first-order chi connectivity index (χ1) is 11.6. The predicted molar refractivity (Wildman–Crippen MR) is 87.4 cm³/mol. The van der Waals surface area contributed by atoms with Gasteiger partial charge in [-0.2, -0.15) is 0 Å². The molecule has 0 saturated carbocycles. The monoisotopic (exact) mass is 328 g/mol. The van der Waals surface area contributed by atoms with Gasteiger partial charge in [-0.05, 0) is 36.2 Å². The van der Waals surface area contributed by atoms with E-state index >= 15 is 0 Å². The van der Waals surface area contributed by atoms with Gasteiger partial charge in [-0.1, -0.05) is 12.1 Å². The zero-order valence-electron chi connectivity index (χ0n) is 13.2. The number of amides is 1. The first kappa shape index (κ1) is 16.0. The fourth-order valence-corrected chi connectivity index (χ4v) is 2.35. The molecule has 0 spiro atoms. The number of carbonyl (C=O) groups is 1. The molecule has 0 fully saturated rings. The van der Waals surface area contributed by atoms with Gasteiger partial charge < -0.3 is 14.5 Å². The molecule has 0 aliphatic rings. The molecule has 0 saturated heterocycles. The maximum atomic E-state index is 13.0. The fraction of sp³-hybridized carbons (Fsp3) is 0.222. The van der Waals surface area contributed by atoms with Crippen molar-refractivity contribution in [1.29, 1.82) is 0 Å². The van der Waals surface area contributed by atoms with E-state index in [1.807, 2.05) is 18.2 Å². The van der Waals surface area contributed by atoms with Gasteiger partial charge in [0.05, 0.1) is 0 Å². The third-order valence-electron chi connectivity index (χ3n) is 3.46. The molecule has 1 aromatic heterocycles. The van der Waals surface area contributed by atoms with Crippen molar-refractivity contribution in [2.24, 2.45) is 0 Å². The number of aromatic nitrogens is 1. The van der Waals surface area contributed by atoms with Crippen molar-refractivity contribution in [1.82, 2.24) is 10.3 Å². The first-order valence-electron chi connectivity index (χ1n) is 7.61. The maximum absolute atomic E-state index is 13.0. The summed E-state index contributed by atoms with van der Waals surface area (Å²) in [6.07, 6.45) is 0.674. The molecular formula is C18H17FN2O3. The SMILES string of the molecule is Cc1nc2cc(CCNC(=O)COc3cccc(F)c3)ccc2o1. The van der Waals surface area contributed by atoms with Crippen LogP contribution in [0.3, 0.4) is 0 Å². The van der Waals surface area contributed by atoms with Crippen LogP contribution in [0.2, 0.25) is 0 Å². The van der Waals surface area contributed by atoms with E-state index in [0.29, 0.717) is 24.6 Å². The maximum Gasteiger partial charge on any atom is 0.257 e. The van der Waals surface area contributed by atoms with Crippen molar-refractivity contribution >= 4 is 17.0 Å². The van der Waals surface area contributed by atoms with Gasteiger partial charge >= 0.3 is 0 Å². The predicted octanol–water partition coefficient (Wildman–Crippen LogP) is 3.01. The summed E-state index contributed by atoms with van der Waals surface area (Å²) < 4.78 is 23.7. The zero-order chi connectivity index (χ0) is 16.9. The minimum atomic E-state index is -0.397. The standard InChI is InChI=1S/C18H17FN2O3/c1-12-21-16-9-13(5-6-17(16)24-12)7-8-20-18(22)11-23-15-4-2-3-14(19)10-15/h2-6,9-10H,7-8,11H2,1H3,(H,20,22). The number of nitrogens with one attached hydrogen (secondary N) is 1. The van der Waals surface area contributed by atoms with Gasteiger partial charge in [0.1, 0.15) is 17.1 Å². The van der Waals surface area contributed by atoms with Gasteiger partial charge in [0.15, 0.2) is 18.1 Å². The van der Waals surface area contributed by atoms with Crippen LogP contribution in [0.15, 0.2) is 46.9 Å². The minimum absolute atomic E-state index is 0.148. The Kier molecular flexibility index (Phi) is 4.74. The topological polar surface area (TPSA) is 64.4 Å². The number of halogens is 1. The van der Waals surface area contributed by atoms with Crippen LogP contribution in [0.4, 0.5) is 4.39 Å². The van der Waals surface area contributed by atoms with E-state index in [0.717, 1.165) is 16.7 Å². The van der Waals surface area contributed by atoms with E-state index in [9.17, 15) is 9.18 Å². The summed E-state index contributed by atoms with van der Waals surface area (Å²) in [5.74, 6) is 0.311. The molecule has 0 radical (unpaired) electrons. The van der Waals surface area contributed by atoms with Crippen molar-refractivity contribution in [2.75, 3.05) is 13.2 Å². The third kappa shape index (κ3) is 4.10. The van der Waals surface area contributed by atoms with Gasteiger partial charge in [0, 0.05) is 19.5 Å². The Morgan fingerprint density at radius 2 is 2.17 bits per heavy atom. The summed E-state index contributed by atoms with van der Waals surface area (Å²) >= 11 is 0. The second kappa shape index (κ2) is 7.12. The highest BCUT2D eigenvalue weighted by Gasteiger charge is 2.05. The number of carbonyl (C=O) groups excluding carboxylic acids is 1. The van der Waals surface area contributed by atoms with Gasteiger partial charge in [-0.3, -0.25) is 4.79 Å². The second-order valence-electron chi connectivity index (χ2n) is 5.38. The number of hydrogen-bond donors (Lipinski definition) is 1.